The quantitative estimate of drug-likeness (QED) is 0.593. The van der Waals surface area contributed by atoms with E-state index in [1.54, 1.807) is 18.2 Å². The minimum Gasteiger partial charge on any atom is -0.422 e. The van der Waals surface area contributed by atoms with Crippen molar-refractivity contribution in [2.75, 3.05) is 39.4 Å². The Bertz CT molecular complexity index is 735. The number of ether oxygens (including phenoxy) is 1. The molecule has 2 aromatic rings. The number of amides is 1. The number of morpholine rings is 1. The fourth-order valence-corrected chi connectivity index (χ4v) is 2.77. The number of nitrogens with one attached hydrogen (secondary N) is 2. The summed E-state index contributed by atoms with van der Waals surface area (Å²) >= 11 is 0. The third-order valence-electron chi connectivity index (χ3n) is 4.08. The highest BCUT2D eigenvalue weighted by Gasteiger charge is 2.15. The molecule has 6 nitrogen and oxygen atoms in total. The molecule has 1 amide bonds. The number of quaternary nitrogens is 1. The monoisotopic (exact) mass is 317 g/mol. The minimum absolute atomic E-state index is 0.0578. The summed E-state index contributed by atoms with van der Waals surface area (Å²) in [4.78, 5) is 25.6. The second-order valence-electron chi connectivity index (χ2n) is 5.71. The number of carbonyl (C=O) groups excluding carboxylic acids is 1. The number of hydrogen-bond donors (Lipinski definition) is 2. The third kappa shape index (κ3) is 3.97. The van der Waals surface area contributed by atoms with Gasteiger partial charge in [-0.2, -0.15) is 0 Å². The normalized spacial score (nSPS) is 15.7. The first kappa shape index (κ1) is 15.7. The molecular formula is C17H21N2O4+. The van der Waals surface area contributed by atoms with Crippen LogP contribution in [0, 0.1) is 0 Å². The van der Waals surface area contributed by atoms with E-state index in [4.69, 9.17) is 9.15 Å². The highest BCUT2D eigenvalue weighted by Crippen LogP contribution is 2.12. The van der Waals surface area contributed by atoms with E-state index in [1.807, 2.05) is 12.1 Å². The standard InChI is InChI=1S/C17H20N2O4/c20-16(18-6-3-7-19-8-10-22-11-9-19)14-12-13-4-1-2-5-15(13)23-17(14)21/h1-2,4-5,12H,3,6-11H2,(H,18,20)/p+1. The molecule has 1 aliphatic heterocycles. The molecular weight excluding hydrogens is 296 g/mol. The number of rotatable bonds is 5. The summed E-state index contributed by atoms with van der Waals surface area (Å²) in [5.41, 5.74) is -0.0487. The molecule has 0 saturated carbocycles. The number of benzene rings is 1. The summed E-state index contributed by atoms with van der Waals surface area (Å²) in [7, 11) is 0. The number of para-hydroxylation sites is 1. The topological polar surface area (TPSA) is 73.0 Å². The Morgan fingerprint density at radius 2 is 2.00 bits per heavy atom. The zero-order valence-electron chi connectivity index (χ0n) is 13.0. The summed E-state index contributed by atoms with van der Waals surface area (Å²) in [5, 5.41) is 3.55. The number of fused-ring (bicyclic) bond motifs is 1. The van der Waals surface area contributed by atoms with Crippen LogP contribution in [0.3, 0.4) is 0 Å². The van der Waals surface area contributed by atoms with Crippen LogP contribution in [-0.2, 0) is 4.74 Å². The molecule has 0 atom stereocenters. The summed E-state index contributed by atoms with van der Waals surface area (Å²) in [6.45, 7) is 5.19. The molecule has 122 valence electrons. The van der Waals surface area contributed by atoms with Crippen LogP contribution in [0.1, 0.15) is 16.8 Å². The highest BCUT2D eigenvalue weighted by atomic mass is 16.5. The summed E-state index contributed by atoms with van der Waals surface area (Å²) in [5.74, 6) is -0.374. The smallest absolute Gasteiger partial charge is 0.349 e. The van der Waals surface area contributed by atoms with Gasteiger partial charge in [-0.05, 0) is 12.1 Å². The van der Waals surface area contributed by atoms with Crippen molar-refractivity contribution in [3.8, 4) is 0 Å². The summed E-state index contributed by atoms with van der Waals surface area (Å²) in [6, 6.07) is 8.75. The van der Waals surface area contributed by atoms with Gasteiger partial charge in [-0.1, -0.05) is 18.2 Å². The molecule has 0 aliphatic carbocycles. The number of carbonyl (C=O) groups is 1. The molecule has 1 aliphatic rings. The molecule has 0 radical (unpaired) electrons. The molecule has 3 rings (SSSR count). The van der Waals surface area contributed by atoms with Gasteiger partial charge in [0.25, 0.3) is 5.91 Å². The van der Waals surface area contributed by atoms with Crippen molar-refractivity contribution in [1.29, 1.82) is 0 Å². The Labute approximate surface area is 134 Å². The van der Waals surface area contributed by atoms with Crippen LogP contribution in [0.15, 0.2) is 39.5 Å². The Morgan fingerprint density at radius 1 is 1.22 bits per heavy atom. The molecule has 0 spiro atoms. The van der Waals surface area contributed by atoms with Gasteiger partial charge in [-0.25, -0.2) is 4.79 Å². The van der Waals surface area contributed by atoms with E-state index in [0.717, 1.165) is 44.7 Å². The zero-order valence-corrected chi connectivity index (χ0v) is 13.0. The van der Waals surface area contributed by atoms with E-state index in [0.29, 0.717) is 12.1 Å². The predicted molar refractivity (Wildman–Crippen MR) is 85.8 cm³/mol. The van der Waals surface area contributed by atoms with Gasteiger partial charge in [0.1, 0.15) is 24.2 Å². The van der Waals surface area contributed by atoms with Gasteiger partial charge in [0.05, 0.1) is 19.8 Å². The first-order valence-corrected chi connectivity index (χ1v) is 7.96. The lowest BCUT2D eigenvalue weighted by Crippen LogP contribution is -3.14. The maximum atomic E-state index is 12.2. The van der Waals surface area contributed by atoms with Crippen LogP contribution in [-0.4, -0.2) is 45.3 Å². The third-order valence-corrected chi connectivity index (χ3v) is 4.08. The maximum absolute atomic E-state index is 12.2. The van der Waals surface area contributed by atoms with Crippen LogP contribution in [0.25, 0.3) is 11.0 Å². The Hall–Kier alpha value is -2.18. The van der Waals surface area contributed by atoms with Crippen LogP contribution >= 0.6 is 0 Å². The molecule has 2 heterocycles. The van der Waals surface area contributed by atoms with Crippen molar-refractivity contribution in [2.45, 2.75) is 6.42 Å². The Balaban J connectivity index is 1.55. The lowest BCUT2D eigenvalue weighted by molar-refractivity contribution is -0.908. The molecule has 1 saturated heterocycles. The average molecular weight is 317 g/mol. The maximum Gasteiger partial charge on any atom is 0.349 e. The first-order valence-electron chi connectivity index (χ1n) is 7.96. The van der Waals surface area contributed by atoms with Crippen molar-refractivity contribution in [3.05, 3.63) is 46.3 Å². The van der Waals surface area contributed by atoms with Gasteiger partial charge in [0.15, 0.2) is 0 Å². The first-order chi connectivity index (χ1) is 11.2. The highest BCUT2D eigenvalue weighted by molar-refractivity contribution is 5.96. The van der Waals surface area contributed by atoms with E-state index in [1.165, 1.54) is 4.90 Å². The van der Waals surface area contributed by atoms with Gasteiger partial charge in [0.2, 0.25) is 0 Å². The predicted octanol–water partition coefficient (Wildman–Crippen LogP) is -0.172. The fourth-order valence-electron chi connectivity index (χ4n) is 2.77. The largest absolute Gasteiger partial charge is 0.422 e. The molecule has 1 fully saturated rings. The minimum atomic E-state index is -0.597. The molecule has 23 heavy (non-hydrogen) atoms. The van der Waals surface area contributed by atoms with Gasteiger partial charge < -0.3 is 19.4 Å². The molecule has 6 heteroatoms. The van der Waals surface area contributed by atoms with Crippen molar-refractivity contribution in [2.24, 2.45) is 0 Å². The van der Waals surface area contributed by atoms with Crippen molar-refractivity contribution in [1.82, 2.24) is 5.32 Å². The van der Waals surface area contributed by atoms with E-state index in [-0.39, 0.29) is 11.5 Å². The zero-order chi connectivity index (χ0) is 16.1. The molecule has 1 aromatic carbocycles. The van der Waals surface area contributed by atoms with Crippen molar-refractivity contribution in [3.63, 3.8) is 0 Å². The van der Waals surface area contributed by atoms with Crippen LogP contribution in [0.5, 0.6) is 0 Å². The van der Waals surface area contributed by atoms with E-state index >= 15 is 0 Å². The number of hydrogen-bond acceptors (Lipinski definition) is 4. The second-order valence-corrected chi connectivity index (χ2v) is 5.71. The van der Waals surface area contributed by atoms with Crippen molar-refractivity contribution < 1.29 is 18.8 Å². The van der Waals surface area contributed by atoms with Crippen LogP contribution in [0.4, 0.5) is 0 Å². The SMILES string of the molecule is O=C(NCCC[NH+]1CCOCC1)c1cc2ccccc2oc1=O. The van der Waals surface area contributed by atoms with Crippen LogP contribution < -0.4 is 15.8 Å². The fraction of sp³-hybridized carbons (Fsp3) is 0.412. The Morgan fingerprint density at radius 3 is 2.83 bits per heavy atom. The molecule has 0 unspecified atom stereocenters. The second kappa shape index (κ2) is 7.39. The summed E-state index contributed by atoms with van der Waals surface area (Å²) < 4.78 is 10.5. The van der Waals surface area contributed by atoms with E-state index in [2.05, 4.69) is 5.32 Å². The van der Waals surface area contributed by atoms with Gasteiger partial charge in [-0.3, -0.25) is 4.79 Å². The summed E-state index contributed by atoms with van der Waals surface area (Å²) in [6.07, 6.45) is 0.875. The van der Waals surface area contributed by atoms with Gasteiger partial charge >= 0.3 is 5.63 Å². The lowest BCUT2D eigenvalue weighted by atomic mass is 10.2. The van der Waals surface area contributed by atoms with Crippen molar-refractivity contribution >= 4 is 16.9 Å². The molecule has 0 bridgehead atoms. The molecule has 2 N–H and O–H groups in total. The average Bonchev–Trinajstić information content (AvgIpc) is 2.59. The van der Waals surface area contributed by atoms with Crippen LogP contribution in [0.2, 0.25) is 0 Å². The van der Waals surface area contributed by atoms with E-state index < -0.39 is 5.63 Å². The lowest BCUT2D eigenvalue weighted by Gasteiger charge is -2.23. The molecule has 1 aromatic heterocycles. The van der Waals surface area contributed by atoms with E-state index in [9.17, 15) is 9.59 Å². The van der Waals surface area contributed by atoms with Gasteiger partial charge in [0, 0.05) is 18.4 Å². The Kier molecular flexibility index (Phi) is 5.05. The van der Waals surface area contributed by atoms with Gasteiger partial charge in [-0.15, -0.1) is 0 Å².